The van der Waals surface area contributed by atoms with E-state index in [0.717, 1.165) is 6.42 Å². The average Bonchev–Trinajstić information content (AvgIpc) is 2.59. The maximum atomic E-state index is 6.15. The molecule has 2 saturated heterocycles. The van der Waals surface area contributed by atoms with Gasteiger partial charge in [0.15, 0.2) is 0 Å². The maximum absolute atomic E-state index is 6.15. The van der Waals surface area contributed by atoms with E-state index in [1.807, 2.05) is 0 Å². The Bertz CT molecular complexity index is 375. The first-order valence-electron chi connectivity index (χ1n) is 7.08. The number of hydrogen-bond donors (Lipinski definition) is 0. The summed E-state index contributed by atoms with van der Waals surface area (Å²) in [4.78, 5) is 2.49. The molecule has 0 aromatic rings. The van der Waals surface area contributed by atoms with Crippen LogP contribution in [0.5, 0.6) is 0 Å². The SMILES string of the molecule is CN1C2CC[C@@H]1C=C(B1OC(C)(C)C(C)(C)O1)C2. The molecule has 0 radical (unpaired) electrons. The minimum absolute atomic E-state index is 0.133. The second-order valence-corrected chi connectivity index (χ2v) is 7.00. The van der Waals surface area contributed by atoms with Crippen molar-refractivity contribution in [3.63, 3.8) is 0 Å². The summed E-state index contributed by atoms with van der Waals surface area (Å²) in [5.41, 5.74) is 0.918. The lowest BCUT2D eigenvalue weighted by molar-refractivity contribution is 0.00578. The van der Waals surface area contributed by atoms with Gasteiger partial charge >= 0.3 is 7.12 Å². The largest absolute Gasteiger partial charge is 0.490 e. The predicted octanol–water partition coefficient (Wildman–Crippen LogP) is 2.41. The molecule has 3 heterocycles. The summed E-state index contributed by atoms with van der Waals surface area (Å²) < 4.78 is 12.3. The van der Waals surface area contributed by atoms with Gasteiger partial charge in [-0.2, -0.15) is 0 Å². The normalized spacial score (nSPS) is 38.1. The molecule has 100 valence electrons. The maximum Gasteiger partial charge on any atom is 0.490 e. The molecule has 18 heavy (non-hydrogen) atoms. The average molecular weight is 249 g/mol. The second kappa shape index (κ2) is 3.84. The van der Waals surface area contributed by atoms with E-state index in [2.05, 4.69) is 45.7 Å². The minimum atomic E-state index is -0.221. The van der Waals surface area contributed by atoms with Crippen LogP contribution in [0.4, 0.5) is 0 Å². The van der Waals surface area contributed by atoms with Gasteiger partial charge in [0.2, 0.25) is 0 Å². The van der Waals surface area contributed by atoms with Gasteiger partial charge in [0.1, 0.15) is 0 Å². The van der Waals surface area contributed by atoms with Gasteiger partial charge in [0.05, 0.1) is 11.2 Å². The smallest absolute Gasteiger partial charge is 0.400 e. The molecule has 3 aliphatic heterocycles. The molecule has 3 aliphatic rings. The van der Waals surface area contributed by atoms with Gasteiger partial charge in [0.25, 0.3) is 0 Å². The summed E-state index contributed by atoms with van der Waals surface area (Å²) in [6, 6.07) is 1.28. The first kappa shape index (κ1) is 12.7. The fourth-order valence-electron chi connectivity index (χ4n) is 3.24. The predicted molar refractivity (Wildman–Crippen MR) is 73.4 cm³/mol. The van der Waals surface area contributed by atoms with Crippen LogP contribution in [0.3, 0.4) is 0 Å². The van der Waals surface area contributed by atoms with Crippen molar-refractivity contribution in [2.24, 2.45) is 0 Å². The third-order valence-corrected chi connectivity index (χ3v) is 5.33. The molecule has 3 rings (SSSR count). The highest BCUT2D eigenvalue weighted by Crippen LogP contribution is 2.42. The van der Waals surface area contributed by atoms with Crippen molar-refractivity contribution >= 4 is 7.12 Å². The monoisotopic (exact) mass is 249 g/mol. The first-order chi connectivity index (χ1) is 8.30. The molecule has 0 amide bonds. The summed E-state index contributed by atoms with van der Waals surface area (Å²) in [6.07, 6.45) is 6.07. The van der Waals surface area contributed by atoms with Gasteiger partial charge in [-0.15, -0.1) is 0 Å². The molecule has 2 fully saturated rings. The zero-order valence-corrected chi connectivity index (χ0v) is 12.2. The molecule has 2 atom stereocenters. The molecule has 4 heteroatoms. The van der Waals surface area contributed by atoms with E-state index >= 15 is 0 Å². The Morgan fingerprint density at radius 3 is 2.33 bits per heavy atom. The van der Waals surface area contributed by atoms with Gasteiger partial charge in [-0.3, -0.25) is 4.90 Å². The summed E-state index contributed by atoms with van der Waals surface area (Å²) in [6.45, 7) is 8.49. The van der Waals surface area contributed by atoms with Crippen LogP contribution in [-0.4, -0.2) is 42.4 Å². The Hall–Kier alpha value is -0.315. The van der Waals surface area contributed by atoms with Crippen molar-refractivity contribution in [2.75, 3.05) is 7.05 Å². The highest BCUT2D eigenvalue weighted by molar-refractivity contribution is 6.54. The Kier molecular flexibility index (Phi) is 2.71. The number of rotatable bonds is 1. The van der Waals surface area contributed by atoms with E-state index in [1.54, 1.807) is 0 Å². The van der Waals surface area contributed by atoms with Crippen LogP contribution >= 0.6 is 0 Å². The molecule has 1 unspecified atom stereocenters. The van der Waals surface area contributed by atoms with Crippen LogP contribution in [-0.2, 0) is 9.31 Å². The zero-order valence-electron chi connectivity index (χ0n) is 12.2. The summed E-state index contributed by atoms with van der Waals surface area (Å²) in [5, 5.41) is 0. The van der Waals surface area contributed by atoms with Crippen LogP contribution in [0.25, 0.3) is 0 Å². The van der Waals surface area contributed by atoms with Gasteiger partial charge in [-0.1, -0.05) is 6.08 Å². The Balaban J connectivity index is 1.80. The van der Waals surface area contributed by atoms with Gasteiger partial charge < -0.3 is 9.31 Å². The number of likely N-dealkylation sites (N-methyl/N-ethyl adjacent to an activating group) is 1. The third-order valence-electron chi connectivity index (χ3n) is 5.33. The number of nitrogens with zero attached hydrogens (tertiary/aromatic N) is 1. The van der Waals surface area contributed by atoms with Crippen molar-refractivity contribution in [1.82, 2.24) is 4.90 Å². The first-order valence-corrected chi connectivity index (χ1v) is 7.08. The summed E-state index contributed by atoms with van der Waals surface area (Å²) >= 11 is 0. The highest BCUT2D eigenvalue weighted by atomic mass is 16.7. The summed E-state index contributed by atoms with van der Waals surface area (Å²) in [5.74, 6) is 0. The van der Waals surface area contributed by atoms with Crippen LogP contribution in [0.15, 0.2) is 11.5 Å². The Morgan fingerprint density at radius 1 is 1.17 bits per heavy atom. The number of hydrogen-bond acceptors (Lipinski definition) is 3. The van der Waals surface area contributed by atoms with Crippen molar-refractivity contribution in [2.45, 2.75) is 70.2 Å². The fourth-order valence-corrected chi connectivity index (χ4v) is 3.24. The zero-order chi connectivity index (χ0) is 13.1. The van der Waals surface area contributed by atoms with E-state index < -0.39 is 0 Å². The molecule has 0 aromatic heterocycles. The van der Waals surface area contributed by atoms with Crippen molar-refractivity contribution in [1.29, 1.82) is 0 Å². The molecular weight excluding hydrogens is 225 g/mol. The van der Waals surface area contributed by atoms with Crippen molar-refractivity contribution in [3.05, 3.63) is 11.5 Å². The van der Waals surface area contributed by atoms with Crippen LogP contribution < -0.4 is 0 Å². The topological polar surface area (TPSA) is 21.7 Å². The Morgan fingerprint density at radius 2 is 1.78 bits per heavy atom. The van der Waals surface area contributed by atoms with Crippen molar-refractivity contribution in [3.8, 4) is 0 Å². The van der Waals surface area contributed by atoms with E-state index in [-0.39, 0.29) is 18.3 Å². The summed E-state index contributed by atoms with van der Waals surface area (Å²) in [7, 11) is 2.10. The van der Waals surface area contributed by atoms with Crippen molar-refractivity contribution < 1.29 is 9.31 Å². The lowest BCUT2D eigenvalue weighted by Crippen LogP contribution is -2.41. The molecule has 3 nitrogen and oxygen atoms in total. The molecule has 2 bridgehead atoms. The van der Waals surface area contributed by atoms with E-state index in [1.165, 1.54) is 18.3 Å². The van der Waals surface area contributed by atoms with Crippen LogP contribution in [0.2, 0.25) is 0 Å². The fraction of sp³-hybridized carbons (Fsp3) is 0.857. The molecule has 0 spiro atoms. The molecule has 0 N–H and O–H groups in total. The quantitative estimate of drug-likeness (QED) is 0.666. The van der Waals surface area contributed by atoms with Gasteiger partial charge in [-0.25, -0.2) is 0 Å². The molecule has 0 aliphatic carbocycles. The standard InChI is InChI=1S/C14H24BNO2/c1-13(2)14(3,4)18-15(17-13)10-8-11-6-7-12(9-10)16(11)5/h8,11-12H,6-7,9H2,1-5H3/t11-,12?/m1/s1. The molecular formula is C14H24BNO2. The minimum Gasteiger partial charge on any atom is -0.400 e. The van der Waals surface area contributed by atoms with Crippen LogP contribution in [0.1, 0.15) is 47.0 Å². The third kappa shape index (κ3) is 1.77. The lowest BCUT2D eigenvalue weighted by Gasteiger charge is -2.32. The van der Waals surface area contributed by atoms with E-state index in [0.29, 0.717) is 12.1 Å². The van der Waals surface area contributed by atoms with Gasteiger partial charge in [0, 0.05) is 12.1 Å². The molecule has 0 aromatic carbocycles. The van der Waals surface area contributed by atoms with Crippen LogP contribution in [0, 0.1) is 0 Å². The second-order valence-electron chi connectivity index (χ2n) is 7.00. The Labute approximate surface area is 111 Å². The van der Waals surface area contributed by atoms with Gasteiger partial charge in [-0.05, 0) is 59.5 Å². The lowest BCUT2D eigenvalue weighted by atomic mass is 9.73. The number of fused-ring (bicyclic) bond motifs is 2. The van der Waals surface area contributed by atoms with E-state index in [4.69, 9.17) is 9.31 Å². The highest BCUT2D eigenvalue weighted by Gasteiger charge is 2.53. The molecule has 0 saturated carbocycles. The van der Waals surface area contributed by atoms with E-state index in [9.17, 15) is 0 Å².